The molecule has 2 amide bonds. The number of carbonyl (C=O) groups excluding carboxylic acids is 2. The number of nitrogen functional groups attached to an aromatic ring is 1. The quantitative estimate of drug-likeness (QED) is 0.110. The molecule has 0 aliphatic heterocycles. The first-order valence-corrected chi connectivity index (χ1v) is 15.0. The number of aromatic nitrogens is 4. The van der Waals surface area contributed by atoms with Crippen LogP contribution in [0.1, 0.15) is 77.6 Å². The Morgan fingerprint density at radius 1 is 1.04 bits per heavy atom. The van der Waals surface area contributed by atoms with E-state index in [-0.39, 0.29) is 57.9 Å². The van der Waals surface area contributed by atoms with Crippen LogP contribution < -0.4 is 32.5 Å². The van der Waals surface area contributed by atoms with Gasteiger partial charge in [-0.1, -0.05) is 24.3 Å². The van der Waals surface area contributed by atoms with Crippen molar-refractivity contribution in [3.63, 3.8) is 0 Å². The van der Waals surface area contributed by atoms with Crippen LogP contribution in [0.3, 0.4) is 0 Å². The molecule has 7 N–H and O–H groups in total. The third kappa shape index (κ3) is 5.26. The van der Waals surface area contributed by atoms with Gasteiger partial charge in [-0.05, 0) is 80.3 Å². The maximum absolute atomic E-state index is 13.7. The molecule has 1 unspecified atom stereocenters. The molecule has 3 aliphatic carbocycles. The van der Waals surface area contributed by atoms with Crippen molar-refractivity contribution in [3.05, 3.63) is 78.1 Å². The Kier molecular flexibility index (Phi) is 7.51. The summed E-state index contributed by atoms with van der Waals surface area (Å²) >= 11 is 5.34. The first kappa shape index (κ1) is 30.1. The summed E-state index contributed by atoms with van der Waals surface area (Å²) in [4.78, 5) is 66.0. The molecule has 7 rings (SSSR count). The number of aromatic amines is 1. The van der Waals surface area contributed by atoms with Gasteiger partial charge in [0.15, 0.2) is 0 Å². The van der Waals surface area contributed by atoms with Crippen LogP contribution >= 0.6 is 12.2 Å². The summed E-state index contributed by atoms with van der Waals surface area (Å²) in [5.41, 5.74) is 5.05. The van der Waals surface area contributed by atoms with Gasteiger partial charge >= 0.3 is 5.97 Å². The lowest BCUT2D eigenvalue weighted by Gasteiger charge is -2.54. The van der Waals surface area contributed by atoms with Crippen molar-refractivity contribution in [2.45, 2.75) is 64.6 Å². The van der Waals surface area contributed by atoms with E-state index in [1.54, 1.807) is 6.07 Å². The van der Waals surface area contributed by atoms with Crippen LogP contribution in [0.15, 0.2) is 39.9 Å². The maximum Gasteiger partial charge on any atom is 0.309 e. The van der Waals surface area contributed by atoms with E-state index in [1.807, 2.05) is 25.1 Å². The van der Waals surface area contributed by atoms with E-state index in [9.17, 15) is 29.1 Å². The number of carbonyl (C=O) groups is 3. The number of aliphatic carboxylic acids is 1. The summed E-state index contributed by atoms with van der Waals surface area (Å²) in [7, 11) is 0. The average Bonchev–Trinajstić information content (AvgIpc) is 3.44. The van der Waals surface area contributed by atoms with Crippen molar-refractivity contribution < 1.29 is 19.5 Å². The van der Waals surface area contributed by atoms with Gasteiger partial charge < -0.3 is 26.8 Å². The molecule has 45 heavy (non-hydrogen) atoms. The van der Waals surface area contributed by atoms with Crippen molar-refractivity contribution in [1.82, 2.24) is 30.2 Å². The Bertz CT molecular complexity index is 1970. The zero-order chi connectivity index (χ0) is 32.1. The Labute approximate surface area is 261 Å². The molecule has 2 aromatic heterocycles. The number of H-pyrrole nitrogens is 1. The normalized spacial score (nSPS) is 21.4. The number of fused-ring (bicyclic) bond motifs is 4. The fourth-order valence-electron chi connectivity index (χ4n) is 6.70. The predicted molar refractivity (Wildman–Crippen MR) is 166 cm³/mol. The first-order valence-electron chi connectivity index (χ1n) is 14.6. The van der Waals surface area contributed by atoms with Crippen molar-refractivity contribution in [2.75, 3.05) is 11.1 Å². The molecule has 0 radical (unpaired) electrons. The number of carboxylic acid groups (broad SMARTS) is 1. The number of anilines is 2. The monoisotopic (exact) mass is 632 g/mol. The van der Waals surface area contributed by atoms with Gasteiger partial charge in [0.1, 0.15) is 22.8 Å². The minimum atomic E-state index is -0.736. The van der Waals surface area contributed by atoms with E-state index in [4.69, 9.17) is 18.0 Å². The van der Waals surface area contributed by atoms with Gasteiger partial charge in [-0.3, -0.25) is 24.0 Å². The highest BCUT2D eigenvalue weighted by molar-refractivity contribution is 7.71. The predicted octanol–water partition coefficient (Wildman–Crippen LogP) is 2.05. The molecule has 0 spiro atoms. The number of carboxylic acids is 1. The van der Waals surface area contributed by atoms with E-state index < -0.39 is 34.1 Å². The first-order chi connectivity index (χ1) is 21.4. The van der Waals surface area contributed by atoms with Crippen LogP contribution in [-0.2, 0) is 17.9 Å². The highest BCUT2D eigenvalue weighted by atomic mass is 32.1. The summed E-state index contributed by atoms with van der Waals surface area (Å²) in [6, 6.07) is 8.40. The Morgan fingerprint density at radius 2 is 1.71 bits per heavy atom. The standard InChI is InChI=1S/C30H32N8O6S/c1-15(29-5-8-30(9-6-29,10-7-29)26(43)44)34-25(42)19-12-18(35-27-36-37-28(45)38(19)27)24(41)33-14-17-4-2-3-16(11-17)13-32-21-20(31)22(39)23(21)40/h2-4,11-12,15,32H,5-10,13-14,31H2,1H3,(H,33,41)(H,34,42)(H,37,45)(H,43,44). The molecular formula is C30H32N8O6S. The molecule has 3 saturated carbocycles. The van der Waals surface area contributed by atoms with Crippen molar-refractivity contribution in [1.29, 1.82) is 0 Å². The van der Waals surface area contributed by atoms with Gasteiger partial charge in [-0.15, -0.1) is 5.10 Å². The molecule has 3 fully saturated rings. The van der Waals surface area contributed by atoms with Crippen molar-refractivity contribution >= 4 is 47.2 Å². The van der Waals surface area contributed by atoms with Crippen LogP contribution in [0.25, 0.3) is 5.78 Å². The molecule has 4 aromatic rings. The van der Waals surface area contributed by atoms with Crippen LogP contribution in [0.4, 0.5) is 11.4 Å². The highest BCUT2D eigenvalue weighted by Gasteiger charge is 2.54. The number of benzene rings is 1. The van der Waals surface area contributed by atoms with E-state index in [1.165, 1.54) is 10.5 Å². The minimum absolute atomic E-state index is 0.0255. The molecular weight excluding hydrogens is 600 g/mol. The number of nitrogens with zero attached hydrogens (tertiary/aromatic N) is 3. The van der Waals surface area contributed by atoms with Crippen LogP contribution in [-0.4, -0.2) is 48.5 Å². The van der Waals surface area contributed by atoms with Gasteiger partial charge in [-0.2, -0.15) is 0 Å². The summed E-state index contributed by atoms with van der Waals surface area (Å²) in [5, 5.41) is 25.2. The second-order valence-electron chi connectivity index (χ2n) is 12.1. The van der Waals surface area contributed by atoms with E-state index in [0.717, 1.165) is 11.1 Å². The lowest BCUT2D eigenvalue weighted by Crippen LogP contribution is -2.54. The summed E-state index contributed by atoms with van der Waals surface area (Å²) < 4.78 is 1.53. The van der Waals surface area contributed by atoms with Gasteiger partial charge in [-0.25, -0.2) is 14.5 Å². The molecule has 14 nitrogen and oxygen atoms in total. The average molecular weight is 633 g/mol. The van der Waals surface area contributed by atoms with E-state index >= 15 is 0 Å². The van der Waals surface area contributed by atoms with Crippen LogP contribution in [0.5, 0.6) is 0 Å². The second-order valence-corrected chi connectivity index (χ2v) is 12.5. The number of rotatable bonds is 10. The SMILES string of the molecule is CC(NC(=O)c1cc(C(=O)NCc2cccc(CNc3c(N)c(=O)c3=O)c2)nc2n[nH]c(=S)n12)C12CCC(C(=O)O)(CC1)CC2. The molecule has 1 atom stereocenters. The Hall–Kier alpha value is -4.92. The maximum atomic E-state index is 13.7. The third-order valence-corrected chi connectivity index (χ3v) is 10.0. The number of hydrogen-bond donors (Lipinski definition) is 6. The second kappa shape index (κ2) is 11.2. The van der Waals surface area contributed by atoms with Gasteiger partial charge in [0, 0.05) is 19.1 Å². The molecule has 2 aromatic carbocycles. The largest absolute Gasteiger partial charge is 0.481 e. The van der Waals surface area contributed by atoms with E-state index in [2.05, 4.69) is 31.1 Å². The molecule has 2 heterocycles. The van der Waals surface area contributed by atoms with Crippen LogP contribution in [0, 0.1) is 15.6 Å². The zero-order valence-electron chi connectivity index (χ0n) is 24.4. The molecule has 2 bridgehead atoms. The molecule has 0 saturated heterocycles. The third-order valence-electron chi connectivity index (χ3n) is 9.74. The number of nitrogens with one attached hydrogen (secondary N) is 4. The number of nitrogens with two attached hydrogens (primary N) is 1. The minimum Gasteiger partial charge on any atom is -0.481 e. The fraction of sp³-hybridized carbons (Fsp3) is 0.400. The summed E-state index contributed by atoms with van der Waals surface area (Å²) in [6.07, 6.45) is 3.91. The molecule has 3 aliphatic rings. The molecule has 234 valence electrons. The lowest BCUT2D eigenvalue weighted by molar-refractivity contribution is -0.159. The van der Waals surface area contributed by atoms with Gasteiger partial charge in [0.05, 0.1) is 5.41 Å². The topological polar surface area (TPSA) is 214 Å². The Morgan fingerprint density at radius 3 is 2.36 bits per heavy atom. The fourth-order valence-corrected chi connectivity index (χ4v) is 6.93. The lowest BCUT2D eigenvalue weighted by atomic mass is 9.52. The summed E-state index contributed by atoms with van der Waals surface area (Å²) in [5.74, 6) is -1.65. The summed E-state index contributed by atoms with van der Waals surface area (Å²) in [6.45, 7) is 2.35. The van der Waals surface area contributed by atoms with Crippen molar-refractivity contribution in [2.24, 2.45) is 10.8 Å². The molecule has 15 heteroatoms. The van der Waals surface area contributed by atoms with E-state index in [0.29, 0.717) is 38.5 Å². The number of amides is 2. The number of hydrogen-bond acceptors (Lipinski definition) is 10. The van der Waals surface area contributed by atoms with Crippen molar-refractivity contribution in [3.8, 4) is 0 Å². The Balaban J connectivity index is 1.15. The van der Waals surface area contributed by atoms with Crippen LogP contribution in [0.2, 0.25) is 0 Å². The van der Waals surface area contributed by atoms with Gasteiger partial charge in [0.2, 0.25) is 4.77 Å². The smallest absolute Gasteiger partial charge is 0.309 e. The highest BCUT2D eigenvalue weighted by Crippen LogP contribution is 2.58. The zero-order valence-corrected chi connectivity index (χ0v) is 25.3. The van der Waals surface area contributed by atoms with Gasteiger partial charge in [0.25, 0.3) is 28.4 Å².